The average molecular weight is 189 g/mol. The smallest absolute Gasteiger partial charge is 0.223 e. The first-order valence-electron chi connectivity index (χ1n) is 4.80. The number of para-hydroxylation sites is 1. The minimum absolute atomic E-state index is 0.0893. The Hall–Kier alpha value is -1.35. The highest BCUT2D eigenvalue weighted by Crippen LogP contribution is 2.47. The second kappa shape index (κ2) is 2.58. The predicted octanol–water partition coefficient (Wildman–Crippen LogP) is 1.49. The van der Waals surface area contributed by atoms with Gasteiger partial charge in [0.2, 0.25) is 5.91 Å². The third kappa shape index (κ3) is 0.990. The molecular weight excluding hydrogens is 178 g/mol. The number of amides is 1. The molecule has 0 radical (unpaired) electrons. The van der Waals surface area contributed by atoms with E-state index in [9.17, 15) is 4.79 Å². The largest absolute Gasteiger partial charge is 0.362 e. The number of benzene rings is 1. The van der Waals surface area contributed by atoms with Gasteiger partial charge in [-0.3, -0.25) is 4.79 Å². The second-order valence-corrected chi connectivity index (χ2v) is 3.78. The Morgan fingerprint density at radius 1 is 1.50 bits per heavy atom. The van der Waals surface area contributed by atoms with E-state index in [0.29, 0.717) is 6.54 Å². The molecule has 1 fully saturated rings. The van der Waals surface area contributed by atoms with Gasteiger partial charge in [-0.1, -0.05) is 18.2 Å². The summed E-state index contributed by atoms with van der Waals surface area (Å²) in [7, 11) is 0. The lowest BCUT2D eigenvalue weighted by Crippen LogP contribution is -2.35. The molecule has 0 aromatic heterocycles. The first-order valence-corrected chi connectivity index (χ1v) is 4.80. The Morgan fingerprint density at radius 2 is 2.29 bits per heavy atom. The Balaban J connectivity index is 2.11. The number of rotatable bonds is 0. The summed E-state index contributed by atoms with van der Waals surface area (Å²) in [6.07, 6.45) is 0.468. The standard InChI is InChI=1S/C11H11NO2/c1-7(13)12-6-10-11(14-10)8-4-2-3-5-9(8)12/h2-5,10-11H,6H2,1H3. The Bertz CT molecular complexity index is 402. The molecule has 2 aliphatic heterocycles. The van der Waals surface area contributed by atoms with Crippen molar-refractivity contribution in [2.75, 3.05) is 11.4 Å². The first kappa shape index (κ1) is 8.00. The zero-order valence-corrected chi connectivity index (χ0v) is 7.93. The molecule has 3 heteroatoms. The van der Waals surface area contributed by atoms with E-state index >= 15 is 0 Å². The van der Waals surface area contributed by atoms with E-state index in [2.05, 4.69) is 0 Å². The van der Waals surface area contributed by atoms with E-state index in [1.54, 1.807) is 11.8 Å². The third-order valence-corrected chi connectivity index (χ3v) is 2.86. The van der Waals surface area contributed by atoms with Crippen molar-refractivity contribution >= 4 is 11.6 Å². The van der Waals surface area contributed by atoms with E-state index in [0.717, 1.165) is 11.3 Å². The van der Waals surface area contributed by atoms with Crippen molar-refractivity contribution in [1.82, 2.24) is 0 Å². The summed E-state index contributed by atoms with van der Waals surface area (Å²) >= 11 is 0. The monoisotopic (exact) mass is 189 g/mol. The van der Waals surface area contributed by atoms with Crippen LogP contribution in [-0.4, -0.2) is 18.6 Å². The van der Waals surface area contributed by atoms with Gasteiger partial charge in [0.1, 0.15) is 12.2 Å². The van der Waals surface area contributed by atoms with Crippen LogP contribution in [0.3, 0.4) is 0 Å². The van der Waals surface area contributed by atoms with Gasteiger partial charge in [0.05, 0.1) is 6.54 Å². The van der Waals surface area contributed by atoms with Gasteiger partial charge in [-0.05, 0) is 6.07 Å². The van der Waals surface area contributed by atoms with Crippen molar-refractivity contribution in [2.45, 2.75) is 19.1 Å². The fourth-order valence-electron chi connectivity index (χ4n) is 2.11. The Kier molecular flexibility index (Phi) is 1.47. The van der Waals surface area contributed by atoms with E-state index in [1.807, 2.05) is 24.3 Å². The highest BCUT2D eigenvalue weighted by Gasteiger charge is 2.47. The van der Waals surface area contributed by atoms with E-state index in [1.165, 1.54) is 0 Å². The van der Waals surface area contributed by atoms with Crippen LogP contribution in [0.25, 0.3) is 0 Å². The molecule has 0 aliphatic carbocycles. The van der Waals surface area contributed by atoms with Crippen molar-refractivity contribution < 1.29 is 9.53 Å². The van der Waals surface area contributed by atoms with E-state index in [4.69, 9.17) is 4.74 Å². The normalized spacial score (nSPS) is 27.9. The molecule has 14 heavy (non-hydrogen) atoms. The van der Waals surface area contributed by atoms with Crippen molar-refractivity contribution in [1.29, 1.82) is 0 Å². The van der Waals surface area contributed by atoms with Gasteiger partial charge in [-0.2, -0.15) is 0 Å². The quantitative estimate of drug-likeness (QED) is 0.579. The van der Waals surface area contributed by atoms with E-state index < -0.39 is 0 Å². The Labute approximate surface area is 82.3 Å². The molecule has 3 rings (SSSR count). The molecule has 0 N–H and O–H groups in total. The van der Waals surface area contributed by atoms with Crippen molar-refractivity contribution in [3.63, 3.8) is 0 Å². The number of anilines is 1. The molecule has 0 bridgehead atoms. The molecule has 2 aliphatic rings. The van der Waals surface area contributed by atoms with Gasteiger partial charge in [0.25, 0.3) is 0 Å². The van der Waals surface area contributed by atoms with Gasteiger partial charge in [-0.25, -0.2) is 0 Å². The lowest BCUT2D eigenvalue weighted by Gasteiger charge is -2.25. The van der Waals surface area contributed by atoms with Crippen LogP contribution in [-0.2, 0) is 9.53 Å². The van der Waals surface area contributed by atoms with E-state index in [-0.39, 0.29) is 18.1 Å². The topological polar surface area (TPSA) is 32.8 Å². The molecule has 1 aromatic rings. The van der Waals surface area contributed by atoms with Crippen LogP contribution >= 0.6 is 0 Å². The molecule has 0 saturated carbocycles. The SMILES string of the molecule is CC(=O)N1CC2OC2c2ccccc21. The van der Waals surface area contributed by atoms with Gasteiger partial charge in [-0.15, -0.1) is 0 Å². The molecule has 2 unspecified atom stereocenters. The maximum atomic E-state index is 11.4. The van der Waals surface area contributed by atoms with Gasteiger partial charge >= 0.3 is 0 Å². The number of ether oxygens (including phenoxy) is 1. The molecular formula is C11H11NO2. The zero-order valence-electron chi connectivity index (χ0n) is 7.93. The van der Waals surface area contributed by atoms with Gasteiger partial charge in [0, 0.05) is 18.2 Å². The maximum Gasteiger partial charge on any atom is 0.223 e. The van der Waals surface area contributed by atoms with Crippen molar-refractivity contribution in [3.05, 3.63) is 29.8 Å². The minimum Gasteiger partial charge on any atom is -0.362 e. The van der Waals surface area contributed by atoms with Crippen molar-refractivity contribution in [2.24, 2.45) is 0 Å². The summed E-state index contributed by atoms with van der Waals surface area (Å²) in [4.78, 5) is 13.2. The van der Waals surface area contributed by atoms with Crippen LogP contribution in [0.5, 0.6) is 0 Å². The summed E-state index contributed by atoms with van der Waals surface area (Å²) in [5.41, 5.74) is 2.16. The van der Waals surface area contributed by atoms with Crippen LogP contribution in [0, 0.1) is 0 Å². The summed E-state index contributed by atoms with van der Waals surface area (Å²) in [5.74, 6) is 0.0893. The molecule has 2 heterocycles. The summed E-state index contributed by atoms with van der Waals surface area (Å²) < 4.78 is 5.49. The number of epoxide rings is 1. The number of fused-ring (bicyclic) bond motifs is 3. The maximum absolute atomic E-state index is 11.4. The van der Waals surface area contributed by atoms with Crippen LogP contribution in [0.15, 0.2) is 24.3 Å². The number of carbonyl (C=O) groups is 1. The number of nitrogens with zero attached hydrogens (tertiary/aromatic N) is 1. The van der Waals surface area contributed by atoms with Crippen molar-refractivity contribution in [3.8, 4) is 0 Å². The Morgan fingerprint density at radius 3 is 3.07 bits per heavy atom. The summed E-state index contributed by atoms with van der Waals surface area (Å²) in [5, 5.41) is 0. The van der Waals surface area contributed by atoms with Crippen LogP contribution < -0.4 is 4.90 Å². The van der Waals surface area contributed by atoms with Crippen LogP contribution in [0.1, 0.15) is 18.6 Å². The number of carbonyl (C=O) groups excluding carboxylic acids is 1. The van der Waals surface area contributed by atoms with Gasteiger partial charge < -0.3 is 9.64 Å². The second-order valence-electron chi connectivity index (χ2n) is 3.78. The molecule has 0 spiro atoms. The molecule has 1 saturated heterocycles. The average Bonchev–Trinajstić information content (AvgIpc) is 2.95. The highest BCUT2D eigenvalue weighted by molar-refractivity contribution is 5.93. The zero-order chi connectivity index (χ0) is 9.71. The van der Waals surface area contributed by atoms with Crippen LogP contribution in [0.4, 0.5) is 5.69 Å². The van der Waals surface area contributed by atoms with Crippen LogP contribution in [0.2, 0.25) is 0 Å². The lowest BCUT2D eigenvalue weighted by molar-refractivity contribution is -0.116. The first-order chi connectivity index (χ1) is 6.77. The molecule has 1 amide bonds. The van der Waals surface area contributed by atoms with Gasteiger partial charge in [0.15, 0.2) is 0 Å². The highest BCUT2D eigenvalue weighted by atomic mass is 16.6. The lowest BCUT2D eigenvalue weighted by atomic mass is 10.0. The third-order valence-electron chi connectivity index (χ3n) is 2.86. The number of hydrogen-bond acceptors (Lipinski definition) is 2. The number of hydrogen-bond donors (Lipinski definition) is 0. The summed E-state index contributed by atoms with van der Waals surface area (Å²) in [6, 6.07) is 7.96. The molecule has 2 atom stereocenters. The molecule has 72 valence electrons. The molecule has 3 nitrogen and oxygen atoms in total. The predicted molar refractivity (Wildman–Crippen MR) is 52.1 cm³/mol. The fraction of sp³-hybridized carbons (Fsp3) is 0.364. The summed E-state index contributed by atoms with van der Waals surface area (Å²) in [6.45, 7) is 2.30. The molecule has 1 aromatic carbocycles. The minimum atomic E-state index is 0.0893. The fourth-order valence-corrected chi connectivity index (χ4v) is 2.11.